The number of carbonyl (C=O) groups excluding carboxylic acids is 1. The van der Waals surface area contributed by atoms with Crippen molar-refractivity contribution in [1.82, 2.24) is 9.36 Å². The maximum atomic E-state index is 13.6. The lowest BCUT2D eigenvalue weighted by Crippen LogP contribution is -2.08. The lowest BCUT2D eigenvalue weighted by molar-refractivity contribution is -0.134. The smallest absolute Gasteiger partial charge is 0.300 e. The Morgan fingerprint density at radius 1 is 1.06 bits per heavy atom. The van der Waals surface area contributed by atoms with Crippen LogP contribution in [0.4, 0.5) is 13.2 Å². The fourth-order valence-corrected chi connectivity index (χ4v) is 5.49. The van der Waals surface area contributed by atoms with Crippen molar-refractivity contribution in [3.63, 3.8) is 0 Å². The summed E-state index contributed by atoms with van der Waals surface area (Å²) >= 11 is 7.52. The number of aryl methyl sites for hydroxylation is 2. The summed E-state index contributed by atoms with van der Waals surface area (Å²) in [5.74, 6) is 0.257. The zero-order valence-electron chi connectivity index (χ0n) is 18.1. The van der Waals surface area contributed by atoms with Gasteiger partial charge in [-0.2, -0.15) is 17.5 Å². The Labute approximate surface area is 198 Å². The van der Waals surface area contributed by atoms with Crippen molar-refractivity contribution in [3.05, 3.63) is 55.4 Å². The lowest BCUT2D eigenvalue weighted by atomic mass is 9.91. The Kier molecular flexibility index (Phi) is 8.11. The number of thiazole rings is 1. The maximum Gasteiger partial charge on any atom is 0.427 e. The van der Waals surface area contributed by atoms with E-state index < -0.39 is 11.1 Å². The molecule has 0 atom stereocenters. The zero-order chi connectivity index (χ0) is 23.5. The third kappa shape index (κ3) is 5.77. The van der Waals surface area contributed by atoms with E-state index in [-0.39, 0.29) is 23.5 Å². The number of nitrogens with zero attached hydrogens (tertiary/aromatic N) is 2. The summed E-state index contributed by atoms with van der Waals surface area (Å²) in [7, 11) is 0. The van der Waals surface area contributed by atoms with Crippen LogP contribution in [0.15, 0.2) is 18.3 Å². The minimum absolute atomic E-state index is 0.166. The lowest BCUT2D eigenvalue weighted by Gasteiger charge is -2.14. The second-order valence-corrected chi connectivity index (χ2v) is 10.2. The molecule has 0 aliphatic carbocycles. The molecule has 172 valence electrons. The van der Waals surface area contributed by atoms with Gasteiger partial charge in [-0.15, -0.1) is 11.3 Å². The van der Waals surface area contributed by atoms with Crippen molar-refractivity contribution in [2.45, 2.75) is 65.5 Å². The summed E-state index contributed by atoms with van der Waals surface area (Å²) in [6.07, 6.45) is 0.265. The largest absolute Gasteiger partial charge is 0.427 e. The molecule has 3 aromatic rings. The number of ketones is 1. The number of hydrogen-bond donors (Lipinski definition) is 0. The minimum Gasteiger partial charge on any atom is -0.300 e. The SMILES string of the molecule is CCCC(=O)CCc1ccc(CCc2c(-c3ncc(Cl)s3)nsc2C(F)(F)F)c(C)c1C. The molecule has 2 heterocycles. The van der Waals surface area contributed by atoms with Gasteiger partial charge in [0.2, 0.25) is 0 Å². The van der Waals surface area contributed by atoms with Gasteiger partial charge in [0.15, 0.2) is 0 Å². The van der Waals surface area contributed by atoms with Gasteiger partial charge in [-0.3, -0.25) is 4.79 Å². The van der Waals surface area contributed by atoms with Gasteiger partial charge >= 0.3 is 6.18 Å². The number of rotatable bonds is 9. The van der Waals surface area contributed by atoms with Crippen LogP contribution in [0.3, 0.4) is 0 Å². The number of alkyl halides is 3. The fraction of sp³-hybridized carbons (Fsp3) is 0.435. The Balaban J connectivity index is 1.83. The van der Waals surface area contributed by atoms with Crippen LogP contribution in [-0.4, -0.2) is 15.1 Å². The van der Waals surface area contributed by atoms with E-state index in [1.165, 1.54) is 6.20 Å². The predicted molar refractivity (Wildman–Crippen MR) is 125 cm³/mol. The third-order valence-electron chi connectivity index (χ3n) is 5.58. The van der Waals surface area contributed by atoms with Gasteiger partial charge in [0.05, 0.1) is 6.20 Å². The molecular formula is C23H24ClF3N2OS2. The summed E-state index contributed by atoms with van der Waals surface area (Å²) in [5, 5.41) is 0.400. The minimum atomic E-state index is -4.47. The molecule has 0 amide bonds. The Hall–Kier alpha value is -1.77. The monoisotopic (exact) mass is 500 g/mol. The standard InChI is InChI=1S/C23H24ClF3N2OS2/c1-4-5-17(30)10-8-15-6-7-16(14(3)13(15)2)9-11-18-20(22-28-12-19(24)31-22)29-32-21(18)23(25,26)27/h6-7,12H,4-5,8-11H2,1-3H3. The van der Waals surface area contributed by atoms with E-state index in [0.29, 0.717) is 46.6 Å². The average molecular weight is 501 g/mol. The molecule has 0 saturated carbocycles. The van der Waals surface area contributed by atoms with Crippen LogP contribution < -0.4 is 0 Å². The quantitative estimate of drug-likeness (QED) is 0.303. The molecule has 0 radical (unpaired) electrons. The highest BCUT2D eigenvalue weighted by Crippen LogP contribution is 2.41. The van der Waals surface area contributed by atoms with Crippen molar-refractivity contribution < 1.29 is 18.0 Å². The summed E-state index contributed by atoms with van der Waals surface area (Å²) < 4.78 is 45.3. The van der Waals surface area contributed by atoms with Crippen molar-refractivity contribution in [2.24, 2.45) is 0 Å². The van der Waals surface area contributed by atoms with Crippen molar-refractivity contribution in [3.8, 4) is 10.7 Å². The van der Waals surface area contributed by atoms with Gasteiger partial charge in [0, 0.05) is 18.4 Å². The molecule has 0 spiro atoms. The molecule has 9 heteroatoms. The van der Waals surface area contributed by atoms with E-state index in [1.54, 1.807) is 0 Å². The molecule has 0 unspecified atom stereocenters. The van der Waals surface area contributed by atoms with E-state index in [1.807, 2.05) is 32.9 Å². The molecule has 32 heavy (non-hydrogen) atoms. The Bertz CT molecular complexity index is 1110. The first-order valence-electron chi connectivity index (χ1n) is 10.4. The number of halogens is 4. The molecule has 0 bridgehead atoms. The molecule has 1 aromatic carbocycles. The number of benzene rings is 1. The first-order valence-corrected chi connectivity index (χ1v) is 12.4. The van der Waals surface area contributed by atoms with Gasteiger partial charge < -0.3 is 0 Å². The molecule has 3 rings (SSSR count). The van der Waals surface area contributed by atoms with Crippen LogP contribution in [0.25, 0.3) is 10.7 Å². The Morgan fingerprint density at radius 3 is 2.28 bits per heavy atom. The van der Waals surface area contributed by atoms with Crippen molar-refractivity contribution in [1.29, 1.82) is 0 Å². The summed E-state index contributed by atoms with van der Waals surface area (Å²) in [6.45, 7) is 5.98. The van der Waals surface area contributed by atoms with Crippen LogP contribution in [0.1, 0.15) is 58.9 Å². The topological polar surface area (TPSA) is 42.9 Å². The molecule has 0 aliphatic rings. The van der Waals surface area contributed by atoms with E-state index >= 15 is 0 Å². The van der Waals surface area contributed by atoms with Crippen LogP contribution in [-0.2, 0) is 30.2 Å². The average Bonchev–Trinajstić information content (AvgIpc) is 3.34. The first kappa shape index (κ1) is 24.9. The van der Waals surface area contributed by atoms with E-state index in [2.05, 4.69) is 9.36 Å². The van der Waals surface area contributed by atoms with Gasteiger partial charge in [0.25, 0.3) is 0 Å². The predicted octanol–water partition coefficient (Wildman–Crippen LogP) is 7.64. The normalized spacial score (nSPS) is 11.8. The second kappa shape index (κ2) is 10.4. The van der Waals surface area contributed by atoms with Gasteiger partial charge in [-0.1, -0.05) is 30.7 Å². The summed E-state index contributed by atoms with van der Waals surface area (Å²) in [5.41, 5.74) is 4.69. The van der Waals surface area contributed by atoms with Gasteiger partial charge in [-0.05, 0) is 73.3 Å². The molecule has 0 aliphatic heterocycles. The molecule has 0 N–H and O–H groups in total. The molecule has 2 aromatic heterocycles. The number of carbonyl (C=O) groups is 1. The number of Topliss-reactive ketones (excluding diaryl/α,β-unsaturated/α-hetero) is 1. The third-order valence-corrected chi connectivity index (χ3v) is 7.64. The van der Waals surface area contributed by atoms with Gasteiger partial charge in [0.1, 0.15) is 25.7 Å². The summed E-state index contributed by atoms with van der Waals surface area (Å²) in [4.78, 5) is 15.3. The molecule has 0 saturated heterocycles. The van der Waals surface area contributed by atoms with Crippen LogP contribution in [0.2, 0.25) is 4.34 Å². The van der Waals surface area contributed by atoms with Gasteiger partial charge in [-0.25, -0.2) is 4.98 Å². The van der Waals surface area contributed by atoms with E-state index in [9.17, 15) is 18.0 Å². The molecule has 0 fully saturated rings. The van der Waals surface area contributed by atoms with Crippen molar-refractivity contribution >= 4 is 40.3 Å². The Morgan fingerprint density at radius 2 is 1.72 bits per heavy atom. The zero-order valence-corrected chi connectivity index (χ0v) is 20.5. The van der Waals surface area contributed by atoms with Crippen LogP contribution in [0.5, 0.6) is 0 Å². The van der Waals surface area contributed by atoms with Crippen molar-refractivity contribution in [2.75, 3.05) is 0 Å². The second-order valence-electron chi connectivity index (χ2n) is 7.73. The number of hydrogen-bond acceptors (Lipinski definition) is 5. The number of aromatic nitrogens is 2. The highest BCUT2D eigenvalue weighted by atomic mass is 35.5. The van der Waals surface area contributed by atoms with E-state index in [4.69, 9.17) is 11.6 Å². The van der Waals surface area contributed by atoms with E-state index in [0.717, 1.165) is 40.0 Å². The highest BCUT2D eigenvalue weighted by Gasteiger charge is 2.38. The summed E-state index contributed by atoms with van der Waals surface area (Å²) in [6, 6.07) is 3.96. The first-order chi connectivity index (χ1) is 15.1. The highest BCUT2D eigenvalue weighted by molar-refractivity contribution is 7.19. The van der Waals surface area contributed by atoms with Crippen LogP contribution >= 0.6 is 34.5 Å². The molecule has 3 nitrogen and oxygen atoms in total. The molecular weight excluding hydrogens is 477 g/mol. The van der Waals surface area contributed by atoms with Crippen LogP contribution in [0, 0.1) is 13.8 Å². The fourth-order valence-electron chi connectivity index (χ4n) is 3.71. The maximum absolute atomic E-state index is 13.6.